The monoisotopic (exact) mass is 255 g/mol. The zero-order chi connectivity index (χ0) is 13.6. The van der Waals surface area contributed by atoms with Crippen molar-refractivity contribution in [2.45, 2.75) is 52.2 Å². The van der Waals surface area contributed by atoms with Crippen molar-refractivity contribution in [2.24, 2.45) is 16.6 Å². The molecule has 1 saturated heterocycles. The number of amides is 2. The van der Waals surface area contributed by atoms with Gasteiger partial charge in [0.05, 0.1) is 12.6 Å². The van der Waals surface area contributed by atoms with E-state index in [4.69, 9.17) is 10.5 Å². The van der Waals surface area contributed by atoms with Crippen LogP contribution in [0.15, 0.2) is 0 Å². The van der Waals surface area contributed by atoms with Gasteiger partial charge in [-0.1, -0.05) is 27.7 Å². The minimum Gasteiger partial charge on any atom is -0.379 e. The van der Waals surface area contributed by atoms with Crippen molar-refractivity contribution in [1.82, 2.24) is 10.6 Å². The smallest absolute Gasteiger partial charge is 0.315 e. The van der Waals surface area contributed by atoms with E-state index in [1.165, 1.54) is 0 Å². The van der Waals surface area contributed by atoms with Crippen LogP contribution in [0.25, 0.3) is 0 Å². The van der Waals surface area contributed by atoms with Gasteiger partial charge in [-0.25, -0.2) is 4.79 Å². The van der Waals surface area contributed by atoms with Crippen molar-refractivity contribution in [3.8, 4) is 0 Å². The Hall–Kier alpha value is -0.810. The number of nitrogens with one attached hydrogen (secondary N) is 2. The van der Waals surface area contributed by atoms with Crippen molar-refractivity contribution in [3.63, 3.8) is 0 Å². The standard InChI is InChI=1S/C13H25N3O2/c1-12(2)9(14)13(3,4)10(12)16-11(17)15-8-5-6-18-7-8/h8-10H,5-7,14H2,1-4H3,(H2,15,16,17). The fourth-order valence-corrected chi connectivity index (χ4v) is 3.56. The third-order valence-corrected chi connectivity index (χ3v) is 4.63. The molecule has 104 valence electrons. The van der Waals surface area contributed by atoms with Crippen LogP contribution in [-0.4, -0.2) is 37.4 Å². The topological polar surface area (TPSA) is 76.4 Å². The Kier molecular flexibility index (Phi) is 3.32. The Balaban J connectivity index is 1.90. The molecule has 0 bridgehead atoms. The van der Waals surface area contributed by atoms with Crippen molar-refractivity contribution in [1.29, 1.82) is 0 Å². The Morgan fingerprint density at radius 1 is 1.22 bits per heavy atom. The summed E-state index contributed by atoms with van der Waals surface area (Å²) in [6.07, 6.45) is 0.893. The lowest BCUT2D eigenvalue weighted by Crippen LogP contribution is -2.76. The van der Waals surface area contributed by atoms with Crippen molar-refractivity contribution < 1.29 is 9.53 Å². The van der Waals surface area contributed by atoms with Crippen LogP contribution in [0.2, 0.25) is 0 Å². The van der Waals surface area contributed by atoms with Gasteiger partial charge in [-0.3, -0.25) is 0 Å². The highest BCUT2D eigenvalue weighted by atomic mass is 16.5. The number of rotatable bonds is 2. The molecule has 18 heavy (non-hydrogen) atoms. The normalized spacial score (nSPS) is 36.8. The van der Waals surface area contributed by atoms with Crippen molar-refractivity contribution >= 4 is 6.03 Å². The second kappa shape index (κ2) is 4.38. The Morgan fingerprint density at radius 3 is 2.33 bits per heavy atom. The Morgan fingerprint density at radius 2 is 1.83 bits per heavy atom. The number of carbonyl (C=O) groups excluding carboxylic acids is 1. The molecule has 1 aliphatic carbocycles. The number of urea groups is 1. The minimum atomic E-state index is -0.108. The second-order valence-electron chi connectivity index (χ2n) is 6.73. The first-order chi connectivity index (χ1) is 8.26. The van der Waals surface area contributed by atoms with Gasteiger partial charge in [-0.2, -0.15) is 0 Å². The van der Waals surface area contributed by atoms with Crippen LogP contribution in [-0.2, 0) is 4.74 Å². The average Bonchev–Trinajstić information content (AvgIpc) is 2.77. The molecule has 0 spiro atoms. The van der Waals surface area contributed by atoms with Crippen LogP contribution in [0.4, 0.5) is 4.79 Å². The molecule has 2 fully saturated rings. The molecule has 1 atom stereocenters. The summed E-state index contributed by atoms with van der Waals surface area (Å²) < 4.78 is 5.24. The summed E-state index contributed by atoms with van der Waals surface area (Å²) in [5.74, 6) is 0. The third-order valence-electron chi connectivity index (χ3n) is 4.63. The highest BCUT2D eigenvalue weighted by molar-refractivity contribution is 5.75. The van der Waals surface area contributed by atoms with E-state index in [1.807, 2.05) is 0 Å². The summed E-state index contributed by atoms with van der Waals surface area (Å²) >= 11 is 0. The molecule has 1 saturated carbocycles. The van der Waals surface area contributed by atoms with E-state index in [-0.39, 0.29) is 35.0 Å². The number of carbonyl (C=O) groups is 1. The van der Waals surface area contributed by atoms with Gasteiger partial charge in [0, 0.05) is 29.5 Å². The van der Waals surface area contributed by atoms with Gasteiger partial charge in [0.2, 0.25) is 0 Å². The minimum absolute atomic E-state index is 0.0625. The average molecular weight is 255 g/mol. The molecule has 2 rings (SSSR count). The lowest BCUT2D eigenvalue weighted by molar-refractivity contribution is -0.0646. The Labute approximate surface area is 109 Å². The molecule has 0 radical (unpaired) electrons. The molecular formula is C13H25N3O2. The number of hydrogen-bond donors (Lipinski definition) is 3. The fraction of sp³-hybridized carbons (Fsp3) is 0.923. The van der Waals surface area contributed by atoms with E-state index < -0.39 is 0 Å². The zero-order valence-corrected chi connectivity index (χ0v) is 11.7. The summed E-state index contributed by atoms with van der Waals surface area (Å²) in [6.45, 7) is 9.76. The van der Waals surface area contributed by atoms with Crippen LogP contribution >= 0.6 is 0 Å². The highest BCUT2D eigenvalue weighted by Crippen LogP contribution is 2.52. The van der Waals surface area contributed by atoms with E-state index in [2.05, 4.69) is 38.3 Å². The van der Waals surface area contributed by atoms with Crippen LogP contribution in [0, 0.1) is 10.8 Å². The van der Waals surface area contributed by atoms with Crippen LogP contribution in [0.5, 0.6) is 0 Å². The summed E-state index contributed by atoms with van der Waals surface area (Å²) in [5.41, 5.74) is 6.05. The van der Waals surface area contributed by atoms with E-state index in [1.54, 1.807) is 0 Å². The first-order valence-electron chi connectivity index (χ1n) is 6.66. The molecule has 1 aliphatic heterocycles. The predicted octanol–water partition coefficient (Wildman–Crippen LogP) is 0.836. The van der Waals surface area contributed by atoms with E-state index in [0.29, 0.717) is 6.61 Å². The number of ether oxygens (including phenoxy) is 1. The summed E-state index contributed by atoms with van der Waals surface area (Å²) in [6, 6.07) is 0.237. The van der Waals surface area contributed by atoms with Crippen molar-refractivity contribution in [3.05, 3.63) is 0 Å². The maximum atomic E-state index is 12.0. The first kappa shape index (κ1) is 13.6. The largest absolute Gasteiger partial charge is 0.379 e. The number of hydrogen-bond acceptors (Lipinski definition) is 3. The van der Waals surface area contributed by atoms with Crippen LogP contribution in [0.1, 0.15) is 34.1 Å². The molecule has 0 aromatic rings. The zero-order valence-electron chi connectivity index (χ0n) is 11.7. The maximum absolute atomic E-state index is 12.0. The molecule has 1 unspecified atom stereocenters. The van der Waals surface area contributed by atoms with Gasteiger partial charge in [0.15, 0.2) is 0 Å². The van der Waals surface area contributed by atoms with Gasteiger partial charge in [-0.05, 0) is 6.42 Å². The maximum Gasteiger partial charge on any atom is 0.315 e. The van der Waals surface area contributed by atoms with E-state index in [0.717, 1.165) is 13.0 Å². The first-order valence-corrected chi connectivity index (χ1v) is 6.66. The molecule has 4 N–H and O–H groups in total. The molecule has 2 amide bonds. The van der Waals surface area contributed by atoms with Crippen LogP contribution < -0.4 is 16.4 Å². The molecular weight excluding hydrogens is 230 g/mol. The number of nitrogens with two attached hydrogens (primary N) is 1. The molecule has 0 aromatic carbocycles. The van der Waals surface area contributed by atoms with Gasteiger partial charge in [0.25, 0.3) is 0 Å². The highest BCUT2D eigenvalue weighted by Gasteiger charge is 2.60. The van der Waals surface area contributed by atoms with Crippen LogP contribution in [0.3, 0.4) is 0 Å². The quantitative estimate of drug-likeness (QED) is 0.684. The lowest BCUT2D eigenvalue weighted by Gasteiger charge is -2.62. The van der Waals surface area contributed by atoms with Gasteiger partial charge in [-0.15, -0.1) is 0 Å². The summed E-state index contributed by atoms with van der Waals surface area (Å²) in [7, 11) is 0. The van der Waals surface area contributed by atoms with E-state index >= 15 is 0 Å². The van der Waals surface area contributed by atoms with Gasteiger partial charge >= 0.3 is 6.03 Å². The second-order valence-corrected chi connectivity index (χ2v) is 6.73. The Bertz CT molecular complexity index is 319. The van der Waals surface area contributed by atoms with E-state index in [9.17, 15) is 4.79 Å². The lowest BCUT2D eigenvalue weighted by atomic mass is 9.48. The fourth-order valence-electron chi connectivity index (χ4n) is 3.56. The predicted molar refractivity (Wildman–Crippen MR) is 70.2 cm³/mol. The molecule has 5 heteroatoms. The van der Waals surface area contributed by atoms with Crippen molar-refractivity contribution in [2.75, 3.05) is 13.2 Å². The molecule has 5 nitrogen and oxygen atoms in total. The SMILES string of the molecule is CC1(C)C(N)C(C)(C)C1NC(=O)NC1CCOC1. The third kappa shape index (κ3) is 2.10. The molecule has 0 aromatic heterocycles. The van der Waals surface area contributed by atoms with Gasteiger partial charge in [0.1, 0.15) is 0 Å². The molecule has 2 aliphatic rings. The van der Waals surface area contributed by atoms with Gasteiger partial charge < -0.3 is 21.1 Å². The molecule has 1 heterocycles. The summed E-state index contributed by atoms with van der Waals surface area (Å²) in [5, 5.41) is 6.02. The summed E-state index contributed by atoms with van der Waals surface area (Å²) in [4.78, 5) is 12.0.